The first-order valence-electron chi connectivity index (χ1n) is 8.89. The van der Waals surface area contributed by atoms with Gasteiger partial charge >= 0.3 is 5.97 Å². The smallest absolute Gasteiger partial charge is 0.338 e. The van der Waals surface area contributed by atoms with Crippen LogP contribution >= 0.6 is 0 Å². The van der Waals surface area contributed by atoms with E-state index in [1.54, 1.807) is 18.2 Å². The number of sulfonamides is 1. The maximum absolute atomic E-state index is 12.4. The minimum absolute atomic E-state index is 0.112. The van der Waals surface area contributed by atoms with Gasteiger partial charge in [-0.2, -0.15) is 0 Å². The van der Waals surface area contributed by atoms with Crippen molar-refractivity contribution in [2.24, 2.45) is 5.92 Å². The van der Waals surface area contributed by atoms with Gasteiger partial charge in [-0.15, -0.1) is 0 Å². The molecule has 0 aliphatic heterocycles. The Kier molecular flexibility index (Phi) is 7.57. The number of carbonyl (C=O) groups is 2. The Hall–Kier alpha value is -2.87. The SMILES string of the molecule is CC(C)CCNC(=O)COC(=O)c1cccc(NS(=O)(=O)c2ccccc2)c1. The molecule has 2 aromatic carbocycles. The van der Waals surface area contributed by atoms with Gasteiger partial charge in [0.05, 0.1) is 10.5 Å². The van der Waals surface area contributed by atoms with Gasteiger partial charge in [-0.25, -0.2) is 13.2 Å². The number of amides is 1. The summed E-state index contributed by atoms with van der Waals surface area (Å²) in [4.78, 5) is 23.9. The first kappa shape index (κ1) is 21.4. The summed E-state index contributed by atoms with van der Waals surface area (Å²) in [6, 6.07) is 13.8. The number of esters is 1. The molecule has 0 spiro atoms. The number of hydrogen-bond donors (Lipinski definition) is 2. The molecule has 0 radical (unpaired) electrons. The summed E-state index contributed by atoms with van der Waals surface area (Å²) in [5, 5.41) is 2.67. The monoisotopic (exact) mass is 404 g/mol. The summed E-state index contributed by atoms with van der Waals surface area (Å²) in [6.45, 7) is 4.22. The fourth-order valence-corrected chi connectivity index (χ4v) is 3.36. The minimum atomic E-state index is -3.77. The number of nitrogens with one attached hydrogen (secondary N) is 2. The first-order chi connectivity index (χ1) is 13.3. The topological polar surface area (TPSA) is 102 Å². The molecular formula is C20H24N2O5S. The Balaban J connectivity index is 1.95. The molecule has 8 heteroatoms. The Morgan fingerprint density at radius 3 is 2.43 bits per heavy atom. The van der Waals surface area contributed by atoms with E-state index >= 15 is 0 Å². The van der Waals surface area contributed by atoms with Crippen molar-refractivity contribution < 1.29 is 22.7 Å². The van der Waals surface area contributed by atoms with E-state index < -0.39 is 22.6 Å². The van der Waals surface area contributed by atoms with Crippen LogP contribution in [-0.2, 0) is 19.6 Å². The molecule has 0 saturated heterocycles. The van der Waals surface area contributed by atoms with Crippen molar-refractivity contribution in [2.75, 3.05) is 17.9 Å². The zero-order valence-corrected chi connectivity index (χ0v) is 16.7. The number of carbonyl (C=O) groups excluding carboxylic acids is 2. The normalized spacial score (nSPS) is 11.1. The number of hydrogen-bond acceptors (Lipinski definition) is 5. The second-order valence-corrected chi connectivity index (χ2v) is 8.29. The molecule has 28 heavy (non-hydrogen) atoms. The summed E-state index contributed by atoms with van der Waals surface area (Å²) < 4.78 is 32.1. The van der Waals surface area contributed by atoms with Crippen LogP contribution in [0, 0.1) is 5.92 Å². The van der Waals surface area contributed by atoms with E-state index in [4.69, 9.17) is 4.74 Å². The number of benzene rings is 2. The van der Waals surface area contributed by atoms with Crippen molar-refractivity contribution in [1.29, 1.82) is 0 Å². The molecule has 0 heterocycles. The van der Waals surface area contributed by atoms with Crippen molar-refractivity contribution in [3.63, 3.8) is 0 Å². The van der Waals surface area contributed by atoms with Crippen molar-refractivity contribution >= 4 is 27.6 Å². The van der Waals surface area contributed by atoms with Crippen LogP contribution in [0.4, 0.5) is 5.69 Å². The van der Waals surface area contributed by atoms with Gasteiger partial charge in [0.1, 0.15) is 0 Å². The van der Waals surface area contributed by atoms with Gasteiger partial charge in [0, 0.05) is 12.2 Å². The summed E-state index contributed by atoms with van der Waals surface area (Å²) >= 11 is 0. The minimum Gasteiger partial charge on any atom is -0.452 e. The van der Waals surface area contributed by atoms with Crippen LogP contribution < -0.4 is 10.0 Å². The van der Waals surface area contributed by atoms with E-state index in [9.17, 15) is 18.0 Å². The highest BCUT2D eigenvalue weighted by Crippen LogP contribution is 2.17. The van der Waals surface area contributed by atoms with Gasteiger partial charge in [0.2, 0.25) is 0 Å². The quantitative estimate of drug-likeness (QED) is 0.626. The lowest BCUT2D eigenvalue weighted by atomic mass is 10.1. The molecule has 0 saturated carbocycles. The van der Waals surface area contributed by atoms with Crippen LogP contribution in [0.15, 0.2) is 59.5 Å². The molecule has 0 atom stereocenters. The van der Waals surface area contributed by atoms with Gasteiger partial charge in [-0.05, 0) is 42.7 Å². The van der Waals surface area contributed by atoms with Crippen LogP contribution in [0.5, 0.6) is 0 Å². The first-order valence-corrected chi connectivity index (χ1v) is 10.4. The zero-order valence-electron chi connectivity index (χ0n) is 15.8. The average Bonchev–Trinajstić information content (AvgIpc) is 2.66. The van der Waals surface area contributed by atoms with E-state index in [0.29, 0.717) is 12.5 Å². The largest absolute Gasteiger partial charge is 0.452 e. The highest BCUT2D eigenvalue weighted by molar-refractivity contribution is 7.92. The van der Waals surface area contributed by atoms with Crippen molar-refractivity contribution in [1.82, 2.24) is 5.32 Å². The number of ether oxygens (including phenoxy) is 1. The van der Waals surface area contributed by atoms with Crippen LogP contribution in [0.1, 0.15) is 30.6 Å². The summed E-state index contributed by atoms with van der Waals surface area (Å²) in [5.74, 6) is -0.625. The van der Waals surface area contributed by atoms with E-state index in [1.807, 2.05) is 13.8 Å². The summed E-state index contributed by atoms with van der Waals surface area (Å²) in [6.07, 6.45) is 0.837. The number of rotatable bonds is 9. The third kappa shape index (κ3) is 6.70. The zero-order chi connectivity index (χ0) is 20.6. The predicted molar refractivity (Wildman–Crippen MR) is 106 cm³/mol. The second-order valence-electron chi connectivity index (χ2n) is 6.61. The Morgan fingerprint density at radius 1 is 1.04 bits per heavy atom. The molecule has 0 aliphatic carbocycles. The van der Waals surface area contributed by atoms with Gasteiger partial charge in [-0.3, -0.25) is 9.52 Å². The summed E-state index contributed by atoms with van der Waals surface area (Å²) in [5.41, 5.74) is 0.364. The third-order valence-corrected chi connectivity index (χ3v) is 5.18. The molecule has 150 valence electrons. The predicted octanol–water partition coefficient (Wildman–Crippen LogP) is 2.81. The Labute approximate surface area is 165 Å². The lowest BCUT2D eigenvalue weighted by Gasteiger charge is -2.10. The second kappa shape index (κ2) is 9.89. The highest BCUT2D eigenvalue weighted by atomic mass is 32.2. The molecule has 0 unspecified atom stereocenters. The molecule has 0 aliphatic rings. The molecule has 2 N–H and O–H groups in total. The van der Waals surface area contributed by atoms with Crippen LogP contribution in [0.3, 0.4) is 0 Å². The Bertz CT molecular complexity index is 911. The lowest BCUT2D eigenvalue weighted by Crippen LogP contribution is -2.30. The van der Waals surface area contributed by atoms with E-state index in [2.05, 4.69) is 10.0 Å². The Morgan fingerprint density at radius 2 is 1.75 bits per heavy atom. The molecule has 0 bridgehead atoms. The fourth-order valence-electron chi connectivity index (χ4n) is 2.29. The van der Waals surface area contributed by atoms with Crippen LogP contribution in [0.2, 0.25) is 0 Å². The molecule has 0 aromatic heterocycles. The number of anilines is 1. The molecule has 1 amide bonds. The maximum atomic E-state index is 12.4. The van der Waals surface area contributed by atoms with E-state index in [1.165, 1.54) is 36.4 Å². The van der Waals surface area contributed by atoms with Gasteiger partial charge in [-0.1, -0.05) is 38.1 Å². The molecular weight excluding hydrogens is 380 g/mol. The molecule has 7 nitrogen and oxygen atoms in total. The van der Waals surface area contributed by atoms with Crippen molar-refractivity contribution in [3.8, 4) is 0 Å². The average molecular weight is 404 g/mol. The maximum Gasteiger partial charge on any atom is 0.338 e. The van der Waals surface area contributed by atoms with Gasteiger partial charge in [0.25, 0.3) is 15.9 Å². The third-order valence-electron chi connectivity index (χ3n) is 3.78. The molecule has 0 fully saturated rings. The lowest BCUT2D eigenvalue weighted by molar-refractivity contribution is -0.124. The van der Waals surface area contributed by atoms with Gasteiger partial charge < -0.3 is 10.1 Å². The van der Waals surface area contributed by atoms with E-state index in [-0.39, 0.29) is 22.1 Å². The van der Waals surface area contributed by atoms with Crippen molar-refractivity contribution in [2.45, 2.75) is 25.2 Å². The standard InChI is InChI=1S/C20H24N2O5S/c1-15(2)11-12-21-19(23)14-27-20(24)16-7-6-8-17(13-16)22-28(25,26)18-9-4-3-5-10-18/h3-10,13,15,22H,11-12,14H2,1-2H3,(H,21,23). The van der Waals surface area contributed by atoms with E-state index in [0.717, 1.165) is 6.42 Å². The fraction of sp³-hybridized carbons (Fsp3) is 0.300. The highest BCUT2D eigenvalue weighted by Gasteiger charge is 2.15. The van der Waals surface area contributed by atoms with Gasteiger partial charge in [0.15, 0.2) is 6.61 Å². The molecule has 2 aromatic rings. The molecule has 2 rings (SSSR count). The van der Waals surface area contributed by atoms with Crippen LogP contribution in [-0.4, -0.2) is 33.4 Å². The van der Waals surface area contributed by atoms with Crippen molar-refractivity contribution in [3.05, 3.63) is 60.2 Å². The van der Waals surface area contributed by atoms with Crippen LogP contribution in [0.25, 0.3) is 0 Å². The summed E-state index contributed by atoms with van der Waals surface area (Å²) in [7, 11) is -3.77.